The van der Waals surface area contributed by atoms with Crippen molar-refractivity contribution < 1.29 is 5.11 Å². The lowest BCUT2D eigenvalue weighted by atomic mass is 10.1. The minimum Gasteiger partial charge on any atom is -0.390 e. The number of aliphatic hydroxyl groups is 1. The fourth-order valence-electron chi connectivity index (χ4n) is 2.40. The highest BCUT2D eigenvalue weighted by atomic mass is 16.3. The molecule has 0 bridgehead atoms. The summed E-state index contributed by atoms with van der Waals surface area (Å²) in [5, 5.41) is 13.2. The van der Waals surface area contributed by atoms with Crippen LogP contribution in [-0.4, -0.2) is 48.3 Å². The fourth-order valence-corrected chi connectivity index (χ4v) is 2.40. The Balaban J connectivity index is 1.70. The zero-order valence-corrected chi connectivity index (χ0v) is 9.84. The molecule has 2 rings (SSSR count). The third-order valence-electron chi connectivity index (χ3n) is 3.93. The van der Waals surface area contributed by atoms with Gasteiger partial charge in [0, 0.05) is 12.6 Å². The SMILES string of the molecule is CN(CCC1(O)CC1)C1CCCNCC1. The lowest BCUT2D eigenvalue weighted by Crippen LogP contribution is -2.34. The minimum atomic E-state index is -0.281. The van der Waals surface area contributed by atoms with Gasteiger partial charge in [0.2, 0.25) is 0 Å². The van der Waals surface area contributed by atoms with Crippen LogP contribution in [0.1, 0.15) is 38.5 Å². The molecule has 1 aliphatic carbocycles. The second-order valence-electron chi connectivity index (χ2n) is 5.29. The van der Waals surface area contributed by atoms with Crippen LogP contribution in [-0.2, 0) is 0 Å². The number of hydrogen-bond acceptors (Lipinski definition) is 3. The van der Waals surface area contributed by atoms with Crippen molar-refractivity contribution in [2.75, 3.05) is 26.7 Å². The second-order valence-corrected chi connectivity index (χ2v) is 5.29. The molecule has 2 fully saturated rings. The minimum absolute atomic E-state index is 0.281. The molecule has 0 amide bonds. The molecule has 0 aromatic carbocycles. The third-order valence-corrected chi connectivity index (χ3v) is 3.93. The van der Waals surface area contributed by atoms with Crippen molar-refractivity contribution in [1.82, 2.24) is 10.2 Å². The molecule has 1 unspecified atom stereocenters. The Kier molecular flexibility index (Phi) is 3.65. The van der Waals surface area contributed by atoms with Gasteiger partial charge in [-0.1, -0.05) is 0 Å². The van der Waals surface area contributed by atoms with E-state index >= 15 is 0 Å². The van der Waals surface area contributed by atoms with Crippen LogP contribution in [0, 0.1) is 0 Å². The average molecular weight is 212 g/mol. The van der Waals surface area contributed by atoms with Gasteiger partial charge in [0.1, 0.15) is 0 Å². The molecule has 1 aliphatic heterocycles. The van der Waals surface area contributed by atoms with Crippen LogP contribution in [0.25, 0.3) is 0 Å². The quantitative estimate of drug-likeness (QED) is 0.729. The van der Waals surface area contributed by atoms with Crippen molar-refractivity contribution >= 4 is 0 Å². The van der Waals surface area contributed by atoms with E-state index in [1.165, 1.54) is 25.8 Å². The number of nitrogens with one attached hydrogen (secondary N) is 1. The maximum Gasteiger partial charge on any atom is 0.0662 e. The predicted octanol–water partition coefficient (Wildman–Crippen LogP) is 0.975. The summed E-state index contributed by atoms with van der Waals surface area (Å²) in [4.78, 5) is 2.45. The normalized spacial score (nSPS) is 30.2. The van der Waals surface area contributed by atoms with Crippen LogP contribution >= 0.6 is 0 Å². The van der Waals surface area contributed by atoms with Crippen molar-refractivity contribution in [3.63, 3.8) is 0 Å². The summed E-state index contributed by atoms with van der Waals surface area (Å²) in [6.45, 7) is 3.38. The first-order valence-electron chi connectivity index (χ1n) is 6.33. The molecule has 88 valence electrons. The highest BCUT2D eigenvalue weighted by molar-refractivity contribution is 4.94. The second kappa shape index (κ2) is 4.81. The summed E-state index contributed by atoms with van der Waals surface area (Å²) in [6, 6.07) is 0.724. The maximum absolute atomic E-state index is 9.79. The average Bonchev–Trinajstić information content (AvgIpc) is 2.99. The van der Waals surface area contributed by atoms with Crippen LogP contribution in [0.4, 0.5) is 0 Å². The molecule has 0 radical (unpaired) electrons. The number of hydrogen-bond donors (Lipinski definition) is 2. The van der Waals surface area contributed by atoms with E-state index in [9.17, 15) is 5.11 Å². The van der Waals surface area contributed by atoms with Crippen molar-refractivity contribution in [2.45, 2.75) is 50.2 Å². The molecule has 0 aromatic rings. The Hall–Kier alpha value is -0.120. The van der Waals surface area contributed by atoms with Crippen molar-refractivity contribution in [1.29, 1.82) is 0 Å². The summed E-state index contributed by atoms with van der Waals surface area (Å²) in [7, 11) is 2.21. The molecule has 1 atom stereocenters. The molecule has 1 heterocycles. The highest BCUT2D eigenvalue weighted by Crippen LogP contribution is 2.38. The molecule has 3 heteroatoms. The summed E-state index contributed by atoms with van der Waals surface area (Å²) in [5.74, 6) is 0. The molecule has 0 aromatic heterocycles. The van der Waals surface area contributed by atoms with E-state index in [1.54, 1.807) is 0 Å². The van der Waals surface area contributed by atoms with Crippen molar-refractivity contribution in [3.05, 3.63) is 0 Å². The van der Waals surface area contributed by atoms with E-state index in [0.717, 1.165) is 38.4 Å². The van der Waals surface area contributed by atoms with E-state index in [1.807, 2.05) is 0 Å². The Morgan fingerprint density at radius 1 is 1.33 bits per heavy atom. The fraction of sp³-hybridized carbons (Fsp3) is 1.00. The van der Waals surface area contributed by atoms with Crippen LogP contribution in [0.3, 0.4) is 0 Å². The summed E-state index contributed by atoms with van der Waals surface area (Å²) in [5.41, 5.74) is -0.281. The van der Waals surface area contributed by atoms with E-state index in [0.29, 0.717) is 0 Å². The van der Waals surface area contributed by atoms with Gasteiger partial charge in [0.25, 0.3) is 0 Å². The zero-order chi connectivity index (χ0) is 10.7. The van der Waals surface area contributed by atoms with Crippen LogP contribution in [0.15, 0.2) is 0 Å². The first-order valence-corrected chi connectivity index (χ1v) is 6.33. The van der Waals surface area contributed by atoms with Crippen molar-refractivity contribution in [3.8, 4) is 0 Å². The highest BCUT2D eigenvalue weighted by Gasteiger charge is 2.39. The molecule has 2 aliphatic rings. The van der Waals surface area contributed by atoms with E-state index in [-0.39, 0.29) is 5.60 Å². The van der Waals surface area contributed by atoms with Gasteiger partial charge in [-0.05, 0) is 58.7 Å². The molecule has 15 heavy (non-hydrogen) atoms. The van der Waals surface area contributed by atoms with Crippen LogP contribution < -0.4 is 5.32 Å². The Bertz CT molecular complexity index is 196. The Morgan fingerprint density at radius 3 is 2.87 bits per heavy atom. The Labute approximate surface area is 92.8 Å². The molecule has 1 saturated carbocycles. The van der Waals surface area contributed by atoms with Crippen LogP contribution in [0.5, 0.6) is 0 Å². The van der Waals surface area contributed by atoms with Gasteiger partial charge < -0.3 is 15.3 Å². The molecular formula is C12H24N2O. The molecular weight excluding hydrogens is 188 g/mol. The molecule has 2 N–H and O–H groups in total. The van der Waals surface area contributed by atoms with Gasteiger partial charge in [0.15, 0.2) is 0 Å². The summed E-state index contributed by atoms with van der Waals surface area (Å²) >= 11 is 0. The zero-order valence-electron chi connectivity index (χ0n) is 9.84. The van der Waals surface area contributed by atoms with Crippen molar-refractivity contribution in [2.24, 2.45) is 0 Å². The largest absolute Gasteiger partial charge is 0.390 e. The summed E-state index contributed by atoms with van der Waals surface area (Å²) in [6.07, 6.45) is 6.86. The first-order chi connectivity index (χ1) is 7.20. The molecule has 0 spiro atoms. The Morgan fingerprint density at radius 2 is 2.13 bits per heavy atom. The third kappa shape index (κ3) is 3.44. The number of nitrogens with zero attached hydrogens (tertiary/aromatic N) is 1. The first kappa shape index (κ1) is 11.4. The number of rotatable bonds is 4. The van der Waals surface area contributed by atoms with E-state index in [2.05, 4.69) is 17.3 Å². The van der Waals surface area contributed by atoms with Gasteiger partial charge in [-0.3, -0.25) is 0 Å². The maximum atomic E-state index is 9.79. The summed E-state index contributed by atoms with van der Waals surface area (Å²) < 4.78 is 0. The molecule has 1 saturated heterocycles. The topological polar surface area (TPSA) is 35.5 Å². The molecule has 3 nitrogen and oxygen atoms in total. The standard InChI is InChI=1S/C12H24N2O/c1-14(10-7-12(15)5-6-12)11-3-2-8-13-9-4-11/h11,13,15H,2-10H2,1H3. The predicted molar refractivity (Wildman–Crippen MR) is 61.9 cm³/mol. The lowest BCUT2D eigenvalue weighted by molar-refractivity contribution is 0.112. The van der Waals surface area contributed by atoms with Gasteiger partial charge in [-0.25, -0.2) is 0 Å². The van der Waals surface area contributed by atoms with Gasteiger partial charge in [-0.2, -0.15) is 0 Å². The van der Waals surface area contributed by atoms with E-state index < -0.39 is 0 Å². The monoisotopic (exact) mass is 212 g/mol. The van der Waals surface area contributed by atoms with Gasteiger partial charge in [-0.15, -0.1) is 0 Å². The van der Waals surface area contributed by atoms with Gasteiger partial charge in [0.05, 0.1) is 5.60 Å². The van der Waals surface area contributed by atoms with Gasteiger partial charge >= 0.3 is 0 Å². The lowest BCUT2D eigenvalue weighted by Gasteiger charge is -2.27. The van der Waals surface area contributed by atoms with Crippen LogP contribution in [0.2, 0.25) is 0 Å². The van der Waals surface area contributed by atoms with E-state index in [4.69, 9.17) is 0 Å². The smallest absolute Gasteiger partial charge is 0.0662 e.